The molecule has 0 aromatic rings. The first-order valence-corrected chi connectivity index (χ1v) is 4.32. The molecule has 0 aliphatic heterocycles. The van der Waals surface area contributed by atoms with E-state index in [1.807, 2.05) is 0 Å². The van der Waals surface area contributed by atoms with Crippen LogP contribution in [0.4, 0.5) is 0 Å². The maximum absolute atomic E-state index is 5.48. The molecule has 2 heteroatoms. The van der Waals surface area contributed by atoms with Crippen molar-refractivity contribution in [3.05, 3.63) is 0 Å². The lowest BCUT2D eigenvalue weighted by molar-refractivity contribution is 0.138. The fourth-order valence-corrected chi connectivity index (χ4v) is 1.52. The van der Waals surface area contributed by atoms with Crippen molar-refractivity contribution in [2.75, 3.05) is 19.6 Å². The van der Waals surface area contributed by atoms with Crippen LogP contribution >= 0.6 is 0 Å². The van der Waals surface area contributed by atoms with E-state index in [1.165, 1.54) is 25.8 Å². The van der Waals surface area contributed by atoms with E-state index in [1.54, 1.807) is 0 Å². The van der Waals surface area contributed by atoms with Gasteiger partial charge in [-0.25, -0.2) is 0 Å². The number of likely N-dealkylation sites (N-methyl/N-ethyl adjacent to an activating group) is 1. The Morgan fingerprint density at radius 1 is 1.50 bits per heavy atom. The predicted octanol–water partition coefficient (Wildman–Crippen LogP) is 0.819. The van der Waals surface area contributed by atoms with Gasteiger partial charge in [0.25, 0.3) is 0 Å². The maximum atomic E-state index is 5.48. The second kappa shape index (κ2) is 3.94. The Labute approximate surface area is 63.4 Å². The van der Waals surface area contributed by atoms with Crippen LogP contribution in [0.5, 0.6) is 0 Å². The van der Waals surface area contributed by atoms with Crippen molar-refractivity contribution in [1.29, 1.82) is 0 Å². The Bertz CT molecular complexity index is 89.3. The predicted molar refractivity (Wildman–Crippen MR) is 43.9 cm³/mol. The van der Waals surface area contributed by atoms with E-state index in [-0.39, 0.29) is 0 Å². The summed E-state index contributed by atoms with van der Waals surface area (Å²) < 4.78 is 0. The summed E-state index contributed by atoms with van der Waals surface area (Å²) in [5.74, 6) is 0. The van der Waals surface area contributed by atoms with Crippen molar-refractivity contribution in [3.8, 4) is 0 Å². The molecule has 2 nitrogen and oxygen atoms in total. The third-order valence-corrected chi connectivity index (χ3v) is 2.41. The first-order chi connectivity index (χ1) is 4.88. The molecule has 60 valence electrons. The third-order valence-electron chi connectivity index (χ3n) is 2.41. The normalized spacial score (nSPS) is 19.5. The lowest BCUT2D eigenvalue weighted by Crippen LogP contribution is -2.42. The summed E-state index contributed by atoms with van der Waals surface area (Å²) in [6.45, 7) is 5.28. The van der Waals surface area contributed by atoms with E-state index in [0.29, 0.717) is 0 Å². The summed E-state index contributed by atoms with van der Waals surface area (Å²) in [6, 6.07) is 0.869. The molecule has 0 bridgehead atoms. The molecule has 0 aromatic carbocycles. The summed E-state index contributed by atoms with van der Waals surface area (Å²) in [5, 5.41) is 0. The minimum absolute atomic E-state index is 0.810. The van der Waals surface area contributed by atoms with Crippen molar-refractivity contribution in [2.24, 2.45) is 5.73 Å². The molecular formula is C8H18N2. The molecule has 0 amide bonds. The van der Waals surface area contributed by atoms with Crippen LogP contribution < -0.4 is 5.73 Å². The first-order valence-electron chi connectivity index (χ1n) is 4.32. The lowest BCUT2D eigenvalue weighted by Gasteiger charge is -2.36. The van der Waals surface area contributed by atoms with Gasteiger partial charge >= 0.3 is 0 Å². The van der Waals surface area contributed by atoms with Crippen molar-refractivity contribution >= 4 is 0 Å². The van der Waals surface area contributed by atoms with Crippen LogP contribution in [0, 0.1) is 0 Å². The van der Waals surface area contributed by atoms with Gasteiger partial charge in [-0.05, 0) is 19.4 Å². The Hall–Kier alpha value is -0.0800. The fraction of sp³-hybridized carbons (Fsp3) is 1.00. The van der Waals surface area contributed by atoms with E-state index in [9.17, 15) is 0 Å². The molecule has 0 spiro atoms. The van der Waals surface area contributed by atoms with E-state index in [4.69, 9.17) is 5.73 Å². The van der Waals surface area contributed by atoms with Crippen LogP contribution in [-0.4, -0.2) is 30.6 Å². The average Bonchev–Trinajstić information content (AvgIpc) is 1.83. The quantitative estimate of drug-likeness (QED) is 0.629. The van der Waals surface area contributed by atoms with E-state index >= 15 is 0 Å². The van der Waals surface area contributed by atoms with E-state index in [0.717, 1.165) is 19.1 Å². The van der Waals surface area contributed by atoms with Gasteiger partial charge in [-0.1, -0.05) is 13.3 Å². The first kappa shape index (κ1) is 8.02. The van der Waals surface area contributed by atoms with Crippen LogP contribution in [0.3, 0.4) is 0 Å². The molecule has 0 atom stereocenters. The molecule has 0 aromatic heterocycles. The zero-order chi connectivity index (χ0) is 7.40. The Kier molecular flexibility index (Phi) is 3.16. The van der Waals surface area contributed by atoms with Crippen LogP contribution in [0.2, 0.25) is 0 Å². The average molecular weight is 142 g/mol. The van der Waals surface area contributed by atoms with E-state index < -0.39 is 0 Å². The van der Waals surface area contributed by atoms with Gasteiger partial charge in [0.15, 0.2) is 0 Å². The molecule has 1 saturated carbocycles. The second-order valence-corrected chi connectivity index (χ2v) is 3.00. The molecule has 0 unspecified atom stereocenters. The molecule has 1 aliphatic carbocycles. The van der Waals surface area contributed by atoms with Gasteiger partial charge in [0, 0.05) is 19.1 Å². The fourth-order valence-electron chi connectivity index (χ4n) is 1.52. The molecule has 2 N–H and O–H groups in total. The Balaban J connectivity index is 2.17. The van der Waals surface area contributed by atoms with Gasteiger partial charge in [0.1, 0.15) is 0 Å². The molecule has 1 rings (SSSR count). The Morgan fingerprint density at radius 3 is 2.50 bits per heavy atom. The topological polar surface area (TPSA) is 29.3 Å². The van der Waals surface area contributed by atoms with Gasteiger partial charge in [0.2, 0.25) is 0 Å². The number of hydrogen-bond acceptors (Lipinski definition) is 2. The highest BCUT2D eigenvalue weighted by Gasteiger charge is 2.22. The number of nitrogens with two attached hydrogens (primary N) is 1. The smallest absolute Gasteiger partial charge is 0.0107 e. The molecule has 1 aliphatic rings. The number of hydrogen-bond donors (Lipinski definition) is 1. The van der Waals surface area contributed by atoms with Gasteiger partial charge in [-0.15, -0.1) is 0 Å². The standard InChI is InChI=1S/C8H18N2/c1-2-10(7-6-9)8-4-3-5-8/h8H,2-7,9H2,1H3. The highest BCUT2D eigenvalue weighted by atomic mass is 15.2. The highest BCUT2D eigenvalue weighted by molar-refractivity contribution is 4.79. The molecule has 1 fully saturated rings. The minimum atomic E-state index is 0.810. The summed E-state index contributed by atoms with van der Waals surface area (Å²) in [4.78, 5) is 2.49. The molecule has 10 heavy (non-hydrogen) atoms. The van der Waals surface area contributed by atoms with Crippen molar-refractivity contribution < 1.29 is 0 Å². The van der Waals surface area contributed by atoms with Gasteiger partial charge in [-0.2, -0.15) is 0 Å². The molecule has 0 heterocycles. The van der Waals surface area contributed by atoms with E-state index in [2.05, 4.69) is 11.8 Å². The minimum Gasteiger partial charge on any atom is -0.329 e. The third kappa shape index (κ3) is 1.70. The van der Waals surface area contributed by atoms with Gasteiger partial charge < -0.3 is 5.73 Å². The van der Waals surface area contributed by atoms with Crippen LogP contribution in [0.15, 0.2) is 0 Å². The summed E-state index contributed by atoms with van der Waals surface area (Å²) in [6.07, 6.45) is 4.22. The van der Waals surface area contributed by atoms with Gasteiger partial charge in [0.05, 0.1) is 0 Å². The lowest BCUT2D eigenvalue weighted by atomic mass is 9.91. The summed E-state index contributed by atoms with van der Waals surface area (Å²) in [5.41, 5.74) is 5.48. The summed E-state index contributed by atoms with van der Waals surface area (Å²) in [7, 11) is 0. The van der Waals surface area contributed by atoms with Crippen LogP contribution in [-0.2, 0) is 0 Å². The van der Waals surface area contributed by atoms with Crippen LogP contribution in [0.25, 0.3) is 0 Å². The zero-order valence-corrected chi connectivity index (χ0v) is 6.84. The van der Waals surface area contributed by atoms with Crippen molar-refractivity contribution in [2.45, 2.75) is 32.2 Å². The molecule has 0 radical (unpaired) electrons. The molecular weight excluding hydrogens is 124 g/mol. The second-order valence-electron chi connectivity index (χ2n) is 3.00. The maximum Gasteiger partial charge on any atom is 0.0107 e. The van der Waals surface area contributed by atoms with Crippen molar-refractivity contribution in [3.63, 3.8) is 0 Å². The van der Waals surface area contributed by atoms with Gasteiger partial charge in [-0.3, -0.25) is 4.90 Å². The molecule has 0 saturated heterocycles. The number of rotatable bonds is 4. The monoisotopic (exact) mass is 142 g/mol. The summed E-state index contributed by atoms with van der Waals surface area (Å²) >= 11 is 0. The number of nitrogens with zero attached hydrogens (tertiary/aromatic N) is 1. The van der Waals surface area contributed by atoms with Crippen LogP contribution in [0.1, 0.15) is 26.2 Å². The Morgan fingerprint density at radius 2 is 2.20 bits per heavy atom. The zero-order valence-electron chi connectivity index (χ0n) is 6.84. The SMILES string of the molecule is CCN(CCN)C1CCC1. The largest absolute Gasteiger partial charge is 0.329 e. The highest BCUT2D eigenvalue weighted by Crippen LogP contribution is 2.23. The van der Waals surface area contributed by atoms with Crippen molar-refractivity contribution in [1.82, 2.24) is 4.90 Å².